The number of hydrogen-bond donors (Lipinski definition) is 2. The van der Waals surface area contributed by atoms with Gasteiger partial charge in [-0.25, -0.2) is 4.98 Å². The van der Waals surface area contributed by atoms with Crippen LogP contribution in [0.25, 0.3) is 11.3 Å². The Bertz CT molecular complexity index is 1030. The molecule has 3 rings (SSSR count). The molecule has 0 saturated carbocycles. The van der Waals surface area contributed by atoms with Gasteiger partial charge in [-0.15, -0.1) is 13.2 Å². The molecular weight excluding hydrogens is 409 g/mol. The van der Waals surface area contributed by atoms with E-state index in [1.54, 1.807) is 25.3 Å². The van der Waals surface area contributed by atoms with Crippen LogP contribution in [-0.2, 0) is 0 Å². The first-order chi connectivity index (χ1) is 14.8. The van der Waals surface area contributed by atoms with Crippen molar-refractivity contribution in [2.24, 2.45) is 0 Å². The number of nitrogens with zero attached hydrogens (tertiary/aromatic N) is 2. The monoisotopic (exact) mass is 432 g/mol. The summed E-state index contributed by atoms with van der Waals surface area (Å²) in [5, 5.41) is 6.40. The lowest BCUT2D eigenvalue weighted by atomic mass is 10.1. The minimum atomic E-state index is -4.77. The molecule has 9 heteroatoms. The quantitative estimate of drug-likeness (QED) is 0.455. The van der Waals surface area contributed by atoms with Gasteiger partial charge in [-0.2, -0.15) is 4.98 Å². The van der Waals surface area contributed by atoms with Crippen LogP contribution in [0.2, 0.25) is 0 Å². The molecule has 2 aromatic carbocycles. The minimum Gasteiger partial charge on any atom is -0.497 e. The van der Waals surface area contributed by atoms with E-state index in [1.807, 2.05) is 32.0 Å². The van der Waals surface area contributed by atoms with Gasteiger partial charge in [0.05, 0.1) is 12.8 Å². The van der Waals surface area contributed by atoms with Gasteiger partial charge in [-0.3, -0.25) is 0 Å². The molecule has 0 amide bonds. The van der Waals surface area contributed by atoms with Gasteiger partial charge in [-0.1, -0.05) is 25.1 Å². The molecule has 3 aromatic rings. The average molecular weight is 432 g/mol. The van der Waals surface area contributed by atoms with Crippen molar-refractivity contribution in [1.29, 1.82) is 0 Å². The predicted molar refractivity (Wildman–Crippen MR) is 114 cm³/mol. The lowest BCUT2D eigenvalue weighted by Crippen LogP contribution is -2.17. The molecule has 1 heterocycles. The topological polar surface area (TPSA) is 68.3 Å². The third-order valence-corrected chi connectivity index (χ3v) is 4.42. The third-order valence-electron chi connectivity index (χ3n) is 4.42. The van der Waals surface area contributed by atoms with E-state index >= 15 is 0 Å². The molecule has 31 heavy (non-hydrogen) atoms. The highest BCUT2D eigenvalue weighted by Gasteiger charge is 2.31. The van der Waals surface area contributed by atoms with E-state index in [4.69, 9.17) is 4.74 Å². The van der Waals surface area contributed by atoms with Crippen LogP contribution in [0.5, 0.6) is 11.5 Å². The van der Waals surface area contributed by atoms with E-state index in [0.29, 0.717) is 28.8 Å². The highest BCUT2D eigenvalue weighted by Crippen LogP contribution is 2.30. The summed E-state index contributed by atoms with van der Waals surface area (Å²) in [6.45, 7) is 4.01. The van der Waals surface area contributed by atoms with Crippen LogP contribution in [0, 0.1) is 0 Å². The zero-order chi connectivity index (χ0) is 22.4. The number of alkyl halides is 3. The van der Waals surface area contributed by atoms with Crippen molar-refractivity contribution in [2.45, 2.75) is 32.7 Å². The van der Waals surface area contributed by atoms with Crippen LogP contribution in [0.1, 0.15) is 20.3 Å². The maximum atomic E-state index is 12.6. The molecule has 0 saturated heterocycles. The first kappa shape index (κ1) is 22.2. The number of rotatable bonds is 8. The van der Waals surface area contributed by atoms with Crippen molar-refractivity contribution in [3.8, 4) is 22.8 Å². The average Bonchev–Trinajstić information content (AvgIpc) is 2.72. The summed E-state index contributed by atoms with van der Waals surface area (Å²) in [6.07, 6.45) is -3.92. The number of hydrogen-bond acceptors (Lipinski definition) is 6. The van der Waals surface area contributed by atoms with E-state index in [9.17, 15) is 13.2 Å². The molecule has 1 aromatic heterocycles. The second-order valence-corrected chi connectivity index (χ2v) is 6.85. The van der Waals surface area contributed by atoms with E-state index in [0.717, 1.165) is 12.1 Å². The number of anilines is 3. The van der Waals surface area contributed by atoms with E-state index < -0.39 is 6.36 Å². The van der Waals surface area contributed by atoms with Gasteiger partial charge in [-0.05, 0) is 37.6 Å². The third kappa shape index (κ3) is 6.50. The SMILES string of the molecule is CC[C@@H](C)Nc1nc(Nc2cccc(OC)c2)cc(-c2cccc(OC(F)(F)F)c2)n1. The Labute approximate surface area is 178 Å². The van der Waals surface area contributed by atoms with Gasteiger partial charge < -0.3 is 20.1 Å². The van der Waals surface area contributed by atoms with Gasteiger partial charge >= 0.3 is 6.36 Å². The normalized spacial score (nSPS) is 12.2. The second-order valence-electron chi connectivity index (χ2n) is 6.85. The number of benzene rings is 2. The molecule has 6 nitrogen and oxygen atoms in total. The Kier molecular flexibility index (Phi) is 6.84. The molecule has 0 bridgehead atoms. The highest BCUT2D eigenvalue weighted by molar-refractivity contribution is 5.68. The summed E-state index contributed by atoms with van der Waals surface area (Å²) in [5.74, 6) is 1.20. The summed E-state index contributed by atoms with van der Waals surface area (Å²) in [6, 6.07) is 14.8. The lowest BCUT2D eigenvalue weighted by molar-refractivity contribution is -0.274. The second kappa shape index (κ2) is 9.55. The lowest BCUT2D eigenvalue weighted by Gasteiger charge is -2.15. The Morgan fingerprint density at radius 2 is 1.74 bits per heavy atom. The standard InChI is InChI=1S/C22H23F3N4O2/c1-4-14(2)26-21-28-19(15-7-5-10-18(11-15)31-22(23,24)25)13-20(29-21)27-16-8-6-9-17(12-16)30-3/h5-14H,4H2,1-3H3,(H2,26,27,28,29)/t14-/m1/s1. The number of aromatic nitrogens is 2. The van der Waals surface area contributed by atoms with Crippen molar-refractivity contribution in [3.05, 3.63) is 54.6 Å². The first-order valence-corrected chi connectivity index (χ1v) is 9.68. The molecule has 164 valence electrons. The van der Waals surface area contributed by atoms with Gasteiger partial charge in [0.2, 0.25) is 5.95 Å². The summed E-state index contributed by atoms with van der Waals surface area (Å²) >= 11 is 0. The van der Waals surface area contributed by atoms with Crippen LogP contribution in [0.4, 0.5) is 30.6 Å². The van der Waals surface area contributed by atoms with Crippen LogP contribution in [0.15, 0.2) is 54.6 Å². The maximum Gasteiger partial charge on any atom is 0.573 e. The van der Waals surface area contributed by atoms with Crippen LogP contribution < -0.4 is 20.1 Å². The van der Waals surface area contributed by atoms with E-state index in [-0.39, 0.29) is 11.8 Å². The summed E-state index contributed by atoms with van der Waals surface area (Å²) in [5.41, 5.74) is 1.65. The van der Waals surface area contributed by atoms with Crippen LogP contribution in [-0.4, -0.2) is 29.5 Å². The fourth-order valence-corrected chi connectivity index (χ4v) is 2.75. The zero-order valence-corrected chi connectivity index (χ0v) is 17.3. The molecule has 0 aliphatic carbocycles. The van der Waals surface area contributed by atoms with Crippen LogP contribution >= 0.6 is 0 Å². The fourth-order valence-electron chi connectivity index (χ4n) is 2.75. The Balaban J connectivity index is 1.98. The number of ether oxygens (including phenoxy) is 2. The van der Waals surface area contributed by atoms with Crippen LogP contribution in [0.3, 0.4) is 0 Å². The highest BCUT2D eigenvalue weighted by atomic mass is 19.4. The number of halogens is 3. The maximum absolute atomic E-state index is 12.6. The van der Waals surface area contributed by atoms with E-state index in [2.05, 4.69) is 25.3 Å². The molecule has 0 radical (unpaired) electrons. The molecule has 1 atom stereocenters. The number of methoxy groups -OCH3 is 1. The van der Waals surface area contributed by atoms with Crippen molar-refractivity contribution in [1.82, 2.24) is 9.97 Å². The van der Waals surface area contributed by atoms with Gasteiger partial charge in [0.1, 0.15) is 17.3 Å². The molecule has 0 spiro atoms. The van der Waals surface area contributed by atoms with Crippen molar-refractivity contribution in [2.75, 3.05) is 17.7 Å². The van der Waals surface area contributed by atoms with Gasteiger partial charge in [0.25, 0.3) is 0 Å². The molecule has 0 unspecified atom stereocenters. The smallest absolute Gasteiger partial charge is 0.497 e. The fraction of sp³-hybridized carbons (Fsp3) is 0.273. The molecule has 0 fully saturated rings. The Morgan fingerprint density at radius 3 is 2.45 bits per heavy atom. The Morgan fingerprint density at radius 1 is 1.00 bits per heavy atom. The molecule has 0 aliphatic heterocycles. The van der Waals surface area contributed by atoms with Crippen molar-refractivity contribution >= 4 is 17.5 Å². The number of nitrogens with one attached hydrogen (secondary N) is 2. The summed E-state index contributed by atoms with van der Waals surface area (Å²) < 4.78 is 47.1. The summed E-state index contributed by atoms with van der Waals surface area (Å²) in [7, 11) is 1.58. The zero-order valence-electron chi connectivity index (χ0n) is 17.3. The Hall–Kier alpha value is -3.49. The molecular formula is C22H23F3N4O2. The van der Waals surface area contributed by atoms with E-state index in [1.165, 1.54) is 18.2 Å². The van der Waals surface area contributed by atoms with Gasteiger partial charge in [0.15, 0.2) is 0 Å². The van der Waals surface area contributed by atoms with Crippen molar-refractivity contribution in [3.63, 3.8) is 0 Å². The first-order valence-electron chi connectivity index (χ1n) is 9.68. The summed E-state index contributed by atoms with van der Waals surface area (Å²) in [4.78, 5) is 8.97. The van der Waals surface area contributed by atoms with Crippen molar-refractivity contribution < 1.29 is 22.6 Å². The van der Waals surface area contributed by atoms with Gasteiger partial charge in [0, 0.05) is 29.4 Å². The largest absolute Gasteiger partial charge is 0.573 e. The molecule has 2 N–H and O–H groups in total. The minimum absolute atomic E-state index is 0.111. The predicted octanol–water partition coefficient (Wildman–Crippen LogP) is 6.00. The molecule has 0 aliphatic rings.